The molecule has 3 heteroatoms. The van der Waals surface area contributed by atoms with Crippen LogP contribution in [0.4, 0.5) is 17.1 Å². The number of benzene rings is 14. The van der Waals surface area contributed by atoms with Gasteiger partial charge in [0.25, 0.3) is 0 Å². The first-order chi connectivity index (χ1) is 40.1. The Kier molecular flexibility index (Phi) is 10.9. The smallest absolute Gasteiger partial charge is 0.143 e. The van der Waals surface area contributed by atoms with E-state index in [9.17, 15) is 0 Å². The molecule has 0 bridgehead atoms. The van der Waals surface area contributed by atoms with Crippen LogP contribution in [0.1, 0.15) is 0 Å². The van der Waals surface area contributed by atoms with Gasteiger partial charge in [0, 0.05) is 49.9 Å². The van der Waals surface area contributed by atoms with E-state index in [1.807, 2.05) is 12.1 Å². The van der Waals surface area contributed by atoms with Crippen LogP contribution in [-0.2, 0) is 0 Å². The largest absolute Gasteiger partial charge is 0.455 e. The van der Waals surface area contributed by atoms with Crippen LogP contribution in [0.25, 0.3) is 137 Å². The van der Waals surface area contributed by atoms with Crippen molar-refractivity contribution in [3.63, 3.8) is 0 Å². The van der Waals surface area contributed by atoms with E-state index in [1.165, 1.54) is 76.5 Å². The topological polar surface area (TPSA) is 21.3 Å². The number of rotatable bonds is 9. The Labute approximate surface area is 469 Å². The van der Waals surface area contributed by atoms with Crippen molar-refractivity contribution in [3.05, 3.63) is 303 Å². The molecule has 0 aliphatic heterocycles. The molecule has 0 radical (unpaired) electrons. The molecule has 0 fully saturated rings. The Bertz CT molecular complexity index is 5020. The summed E-state index contributed by atoms with van der Waals surface area (Å²) in [6.45, 7) is 0. The molecule has 14 aromatic carbocycles. The molecule has 16 rings (SSSR count). The Hall–Kier alpha value is -10.7. The minimum Gasteiger partial charge on any atom is -0.455 e. The van der Waals surface area contributed by atoms with Gasteiger partial charge in [0.15, 0.2) is 0 Å². The average molecular weight is 1030 g/mol. The van der Waals surface area contributed by atoms with Crippen LogP contribution in [0.2, 0.25) is 0 Å². The van der Waals surface area contributed by atoms with Crippen molar-refractivity contribution in [2.24, 2.45) is 0 Å². The van der Waals surface area contributed by atoms with E-state index in [0.717, 1.165) is 78.0 Å². The second-order valence-electron chi connectivity index (χ2n) is 21.2. The molecule has 2 heterocycles. The summed E-state index contributed by atoms with van der Waals surface area (Å²) in [6.07, 6.45) is 0. The fourth-order valence-electron chi connectivity index (χ4n) is 12.6. The predicted octanol–water partition coefficient (Wildman–Crippen LogP) is 21.9. The third kappa shape index (κ3) is 7.89. The fourth-order valence-corrected chi connectivity index (χ4v) is 12.6. The number of aromatic nitrogens is 1. The van der Waals surface area contributed by atoms with Crippen LogP contribution >= 0.6 is 0 Å². The number of anilines is 3. The molecular weight excluding hydrogens is 981 g/mol. The van der Waals surface area contributed by atoms with Gasteiger partial charge >= 0.3 is 0 Å². The van der Waals surface area contributed by atoms with Crippen molar-refractivity contribution in [1.29, 1.82) is 0 Å². The summed E-state index contributed by atoms with van der Waals surface area (Å²) in [7, 11) is 0. The minimum absolute atomic E-state index is 0.902. The Balaban J connectivity index is 0.772. The Morgan fingerprint density at radius 3 is 1.20 bits per heavy atom. The van der Waals surface area contributed by atoms with Crippen LogP contribution in [0.15, 0.2) is 308 Å². The third-order valence-corrected chi connectivity index (χ3v) is 16.6. The molecule has 0 saturated heterocycles. The first-order valence-electron chi connectivity index (χ1n) is 27.8. The van der Waals surface area contributed by atoms with Gasteiger partial charge in [0.2, 0.25) is 0 Å². The van der Waals surface area contributed by atoms with Crippen molar-refractivity contribution in [2.45, 2.75) is 0 Å². The molecule has 2 aromatic heterocycles. The van der Waals surface area contributed by atoms with Crippen LogP contribution < -0.4 is 4.90 Å². The van der Waals surface area contributed by atoms with E-state index in [-0.39, 0.29) is 0 Å². The second-order valence-corrected chi connectivity index (χ2v) is 21.2. The molecule has 0 saturated carbocycles. The van der Waals surface area contributed by atoms with E-state index >= 15 is 0 Å². The normalized spacial score (nSPS) is 11.7. The zero-order chi connectivity index (χ0) is 53.4. The lowest BCUT2D eigenvalue weighted by atomic mass is 9.92. The summed E-state index contributed by atoms with van der Waals surface area (Å²) in [6, 6.07) is 110. The molecule has 0 aliphatic carbocycles. The van der Waals surface area contributed by atoms with E-state index in [2.05, 4.69) is 301 Å². The molecule has 0 aliphatic rings. The molecule has 0 N–H and O–H groups in total. The van der Waals surface area contributed by atoms with E-state index in [0.29, 0.717) is 0 Å². The maximum atomic E-state index is 6.44. The number of nitrogens with zero attached hydrogens (tertiary/aromatic N) is 2. The lowest BCUT2D eigenvalue weighted by Gasteiger charge is -2.26. The first kappa shape index (κ1) is 46.4. The summed E-state index contributed by atoms with van der Waals surface area (Å²) >= 11 is 0. The molecule has 3 nitrogen and oxygen atoms in total. The van der Waals surface area contributed by atoms with Gasteiger partial charge in [-0.3, -0.25) is 0 Å². The lowest BCUT2D eigenvalue weighted by molar-refractivity contribution is 0.670. The van der Waals surface area contributed by atoms with Crippen LogP contribution in [-0.4, -0.2) is 4.57 Å². The van der Waals surface area contributed by atoms with E-state index < -0.39 is 0 Å². The van der Waals surface area contributed by atoms with Gasteiger partial charge in [-0.2, -0.15) is 0 Å². The zero-order valence-electron chi connectivity index (χ0n) is 44.2. The highest BCUT2D eigenvalue weighted by Gasteiger charge is 2.19. The molecule has 81 heavy (non-hydrogen) atoms. The first-order valence-corrected chi connectivity index (χ1v) is 27.8. The maximum Gasteiger partial charge on any atom is 0.143 e. The molecule has 16 aromatic rings. The maximum absolute atomic E-state index is 6.44. The summed E-state index contributed by atoms with van der Waals surface area (Å²) in [5.41, 5.74) is 20.2. The van der Waals surface area contributed by atoms with Gasteiger partial charge < -0.3 is 13.9 Å². The number of hydrogen-bond acceptors (Lipinski definition) is 2. The van der Waals surface area contributed by atoms with Crippen molar-refractivity contribution in [1.82, 2.24) is 4.57 Å². The molecule has 0 amide bonds. The second kappa shape index (κ2) is 19.0. The monoisotopic (exact) mass is 1030 g/mol. The van der Waals surface area contributed by atoms with Crippen LogP contribution in [0.5, 0.6) is 0 Å². The Morgan fingerprint density at radius 2 is 0.617 bits per heavy atom. The Morgan fingerprint density at radius 1 is 0.235 bits per heavy atom. The summed E-state index contributed by atoms with van der Waals surface area (Å²) in [5, 5.41) is 12.4. The van der Waals surface area contributed by atoms with Gasteiger partial charge in [-0.25, -0.2) is 0 Å². The van der Waals surface area contributed by atoms with E-state index in [1.54, 1.807) is 0 Å². The quantitative estimate of drug-likeness (QED) is 0.134. The standard InChI is InChI=1S/C78H50N2O/c1-3-14-51(15-4-1)52-26-28-53(29-27-52)58-37-46-75-73(49-58)74-50-59(38-47-76(74)80(75)63-41-32-54(33-42-63)57-36-45-69-67-20-8-7-18-65(67)66-19-9-10-21-68(66)72(69)48-57)55-30-39-61(40-31-55)79(60-16-5-2-6-17-60)62-43-34-56(35-44-62)64-23-13-24-71-70-22-11-12-25-77(70)81-78(64)71/h1-50H. The highest BCUT2D eigenvalue weighted by molar-refractivity contribution is 6.26. The fraction of sp³-hybridized carbons (Fsp3) is 0. The van der Waals surface area contributed by atoms with Crippen molar-refractivity contribution in [2.75, 3.05) is 4.90 Å². The predicted molar refractivity (Wildman–Crippen MR) is 342 cm³/mol. The molecule has 0 unspecified atom stereocenters. The third-order valence-electron chi connectivity index (χ3n) is 16.6. The average Bonchev–Trinajstić information content (AvgIpc) is 4.24. The summed E-state index contributed by atoms with van der Waals surface area (Å²) in [4.78, 5) is 2.33. The van der Waals surface area contributed by atoms with Gasteiger partial charge in [0.1, 0.15) is 11.2 Å². The summed E-state index contributed by atoms with van der Waals surface area (Å²) < 4.78 is 8.88. The molecule has 378 valence electrons. The van der Waals surface area contributed by atoms with Crippen molar-refractivity contribution in [3.8, 4) is 61.3 Å². The number of hydrogen-bond donors (Lipinski definition) is 0. The lowest BCUT2D eigenvalue weighted by Crippen LogP contribution is -2.09. The molecule has 0 atom stereocenters. The van der Waals surface area contributed by atoms with Gasteiger partial charge in [-0.15, -0.1) is 0 Å². The van der Waals surface area contributed by atoms with E-state index in [4.69, 9.17) is 4.42 Å². The van der Waals surface area contributed by atoms with Crippen molar-refractivity contribution < 1.29 is 4.42 Å². The number of fused-ring (bicyclic) bond motifs is 12. The molecular formula is C78H50N2O. The highest BCUT2D eigenvalue weighted by Crippen LogP contribution is 2.43. The zero-order valence-corrected chi connectivity index (χ0v) is 44.2. The van der Waals surface area contributed by atoms with Gasteiger partial charge in [-0.05, 0) is 167 Å². The minimum atomic E-state index is 0.902. The number of furan rings is 1. The van der Waals surface area contributed by atoms with Gasteiger partial charge in [-0.1, -0.05) is 218 Å². The van der Waals surface area contributed by atoms with Gasteiger partial charge in [0.05, 0.1) is 11.0 Å². The number of para-hydroxylation sites is 3. The SMILES string of the molecule is c1ccc(-c2ccc(-c3ccc4c(c3)c3cc(-c5ccc(N(c6ccccc6)c6ccc(-c7cccc8c7oc7ccccc78)cc6)cc5)ccc3n4-c3ccc(-c4ccc5c6ccccc6c6ccccc6c5c4)cc3)cc2)cc1. The van der Waals surface area contributed by atoms with Crippen molar-refractivity contribution >= 4 is 93.1 Å². The van der Waals surface area contributed by atoms with Crippen LogP contribution in [0, 0.1) is 0 Å². The highest BCUT2D eigenvalue weighted by atomic mass is 16.3. The van der Waals surface area contributed by atoms with Crippen LogP contribution in [0.3, 0.4) is 0 Å². The molecule has 0 spiro atoms. The summed E-state index contributed by atoms with van der Waals surface area (Å²) in [5.74, 6) is 0.